The van der Waals surface area contributed by atoms with E-state index in [0.29, 0.717) is 24.7 Å². The molecule has 140 valence electrons. The molecular weight excluding hydrogens is 328 g/mol. The van der Waals surface area contributed by atoms with Gasteiger partial charge in [-0.15, -0.1) is 10.2 Å². The van der Waals surface area contributed by atoms with Crippen LogP contribution in [0.25, 0.3) is 0 Å². The molecule has 0 aliphatic carbocycles. The van der Waals surface area contributed by atoms with Crippen molar-refractivity contribution in [3.8, 4) is 0 Å². The van der Waals surface area contributed by atoms with Crippen molar-refractivity contribution in [2.24, 2.45) is 0 Å². The standard InChI is InChI=1S/C20H28N4O2/c1-15-22-23-19(26-15)17(16-9-5-4-6-10-16)13-18(25)21-14-20(2,3)24-11-7-8-12-24/h4-6,9-10,17H,7-8,11-14H2,1-3H3,(H,21,25). The Hall–Kier alpha value is -2.21. The fraction of sp³-hybridized carbons (Fsp3) is 0.550. The molecule has 1 atom stereocenters. The van der Waals surface area contributed by atoms with Crippen molar-refractivity contribution >= 4 is 5.91 Å². The summed E-state index contributed by atoms with van der Waals surface area (Å²) in [5, 5.41) is 11.2. The lowest BCUT2D eigenvalue weighted by atomic mass is 9.95. The first-order valence-electron chi connectivity index (χ1n) is 9.32. The molecule has 1 fully saturated rings. The summed E-state index contributed by atoms with van der Waals surface area (Å²) < 4.78 is 5.62. The largest absolute Gasteiger partial charge is 0.425 e. The molecule has 1 N–H and O–H groups in total. The van der Waals surface area contributed by atoms with E-state index in [9.17, 15) is 4.79 Å². The molecule has 6 heteroatoms. The third-order valence-electron chi connectivity index (χ3n) is 5.11. The van der Waals surface area contributed by atoms with E-state index in [1.165, 1.54) is 12.8 Å². The molecule has 1 aromatic heterocycles. The van der Waals surface area contributed by atoms with Gasteiger partial charge in [-0.1, -0.05) is 30.3 Å². The number of rotatable bonds is 7. The van der Waals surface area contributed by atoms with Crippen LogP contribution in [0.15, 0.2) is 34.7 Å². The number of benzene rings is 1. The normalized spacial score (nSPS) is 16.6. The lowest BCUT2D eigenvalue weighted by molar-refractivity contribution is -0.122. The molecule has 0 bridgehead atoms. The Morgan fingerprint density at radius 3 is 2.54 bits per heavy atom. The summed E-state index contributed by atoms with van der Waals surface area (Å²) >= 11 is 0. The Balaban J connectivity index is 1.66. The van der Waals surface area contributed by atoms with Crippen LogP contribution in [0.1, 0.15) is 56.4 Å². The zero-order valence-electron chi connectivity index (χ0n) is 15.9. The fourth-order valence-corrected chi connectivity index (χ4v) is 3.49. The number of amides is 1. The Morgan fingerprint density at radius 1 is 1.23 bits per heavy atom. The van der Waals surface area contributed by atoms with Gasteiger partial charge in [-0.25, -0.2) is 0 Å². The van der Waals surface area contributed by atoms with Gasteiger partial charge >= 0.3 is 0 Å². The van der Waals surface area contributed by atoms with Crippen LogP contribution in [0.5, 0.6) is 0 Å². The Kier molecular flexibility index (Phi) is 5.71. The molecule has 6 nitrogen and oxygen atoms in total. The molecule has 1 aromatic carbocycles. The maximum Gasteiger partial charge on any atom is 0.224 e. The van der Waals surface area contributed by atoms with E-state index in [1.54, 1.807) is 6.92 Å². The average Bonchev–Trinajstić information content (AvgIpc) is 3.31. The van der Waals surface area contributed by atoms with Crippen molar-refractivity contribution in [2.45, 2.75) is 51.5 Å². The maximum absolute atomic E-state index is 12.6. The maximum atomic E-state index is 12.6. The smallest absolute Gasteiger partial charge is 0.224 e. The lowest BCUT2D eigenvalue weighted by Crippen LogP contribution is -2.50. The van der Waals surface area contributed by atoms with Crippen molar-refractivity contribution in [3.05, 3.63) is 47.7 Å². The number of carbonyl (C=O) groups is 1. The first-order valence-corrected chi connectivity index (χ1v) is 9.32. The third-order valence-corrected chi connectivity index (χ3v) is 5.11. The Bertz CT molecular complexity index is 720. The first kappa shape index (κ1) is 18.6. The highest BCUT2D eigenvalue weighted by atomic mass is 16.4. The Labute approximate surface area is 155 Å². The lowest BCUT2D eigenvalue weighted by Gasteiger charge is -2.35. The van der Waals surface area contributed by atoms with E-state index in [4.69, 9.17) is 4.42 Å². The van der Waals surface area contributed by atoms with Crippen LogP contribution in [0.2, 0.25) is 0 Å². The van der Waals surface area contributed by atoms with Crippen LogP contribution in [0, 0.1) is 6.92 Å². The SMILES string of the molecule is Cc1nnc(C(CC(=O)NCC(C)(C)N2CCCC2)c2ccccc2)o1. The highest BCUT2D eigenvalue weighted by molar-refractivity contribution is 5.77. The van der Waals surface area contributed by atoms with E-state index in [0.717, 1.165) is 18.7 Å². The number of hydrogen-bond acceptors (Lipinski definition) is 5. The second-order valence-electron chi connectivity index (χ2n) is 7.61. The molecule has 1 saturated heterocycles. The summed E-state index contributed by atoms with van der Waals surface area (Å²) in [7, 11) is 0. The summed E-state index contributed by atoms with van der Waals surface area (Å²) in [6, 6.07) is 9.86. The molecule has 0 radical (unpaired) electrons. The number of aromatic nitrogens is 2. The number of nitrogens with zero attached hydrogens (tertiary/aromatic N) is 3. The highest BCUT2D eigenvalue weighted by Gasteiger charge is 2.30. The molecule has 0 saturated carbocycles. The van der Waals surface area contributed by atoms with E-state index >= 15 is 0 Å². The number of nitrogens with one attached hydrogen (secondary N) is 1. The van der Waals surface area contributed by atoms with Crippen LogP contribution >= 0.6 is 0 Å². The molecule has 1 unspecified atom stereocenters. The minimum Gasteiger partial charge on any atom is -0.425 e. The number of hydrogen-bond donors (Lipinski definition) is 1. The van der Waals surface area contributed by atoms with Crippen LogP contribution in [-0.2, 0) is 4.79 Å². The minimum absolute atomic E-state index is 0.00183. The van der Waals surface area contributed by atoms with Gasteiger partial charge in [0.15, 0.2) is 0 Å². The predicted molar refractivity (Wildman–Crippen MR) is 99.8 cm³/mol. The Morgan fingerprint density at radius 2 is 1.92 bits per heavy atom. The molecule has 2 aromatic rings. The van der Waals surface area contributed by atoms with Crippen molar-refractivity contribution in [1.82, 2.24) is 20.4 Å². The van der Waals surface area contributed by atoms with Crippen molar-refractivity contribution in [2.75, 3.05) is 19.6 Å². The highest BCUT2D eigenvalue weighted by Crippen LogP contribution is 2.27. The van der Waals surface area contributed by atoms with E-state index in [-0.39, 0.29) is 17.4 Å². The number of likely N-dealkylation sites (tertiary alicyclic amines) is 1. The van der Waals surface area contributed by atoms with Gasteiger partial charge in [0.1, 0.15) is 0 Å². The number of carbonyl (C=O) groups excluding carboxylic acids is 1. The molecule has 1 aliphatic rings. The molecule has 0 spiro atoms. The van der Waals surface area contributed by atoms with Gasteiger partial charge in [-0.05, 0) is 45.3 Å². The van der Waals surface area contributed by atoms with Crippen LogP contribution < -0.4 is 5.32 Å². The van der Waals surface area contributed by atoms with E-state index < -0.39 is 0 Å². The van der Waals surface area contributed by atoms with Crippen molar-refractivity contribution in [3.63, 3.8) is 0 Å². The van der Waals surface area contributed by atoms with Gasteiger partial charge in [-0.2, -0.15) is 0 Å². The molecule has 1 aliphatic heterocycles. The molecule has 26 heavy (non-hydrogen) atoms. The van der Waals surface area contributed by atoms with Crippen molar-refractivity contribution < 1.29 is 9.21 Å². The van der Waals surface area contributed by atoms with Crippen LogP contribution in [-0.4, -0.2) is 46.2 Å². The first-order chi connectivity index (χ1) is 12.5. The second kappa shape index (κ2) is 7.99. The van der Waals surface area contributed by atoms with Gasteiger partial charge < -0.3 is 9.73 Å². The average molecular weight is 356 g/mol. The van der Waals surface area contributed by atoms with E-state index in [2.05, 4.69) is 34.3 Å². The van der Waals surface area contributed by atoms with Gasteiger partial charge in [0.05, 0.1) is 5.92 Å². The molecular formula is C20H28N4O2. The minimum atomic E-state index is -0.229. The second-order valence-corrected chi connectivity index (χ2v) is 7.61. The zero-order valence-corrected chi connectivity index (χ0v) is 15.9. The van der Waals surface area contributed by atoms with Gasteiger partial charge in [-0.3, -0.25) is 9.69 Å². The number of aryl methyl sites for hydroxylation is 1. The van der Waals surface area contributed by atoms with Crippen molar-refractivity contribution in [1.29, 1.82) is 0 Å². The van der Waals surface area contributed by atoms with Gasteiger partial charge in [0, 0.05) is 25.4 Å². The fourth-order valence-electron chi connectivity index (χ4n) is 3.49. The van der Waals surface area contributed by atoms with Gasteiger partial charge in [0.2, 0.25) is 17.7 Å². The summed E-state index contributed by atoms with van der Waals surface area (Å²) in [5.41, 5.74) is 0.972. The summed E-state index contributed by atoms with van der Waals surface area (Å²) in [4.78, 5) is 15.1. The summed E-state index contributed by atoms with van der Waals surface area (Å²) in [6.45, 7) is 8.99. The zero-order chi connectivity index (χ0) is 18.6. The van der Waals surface area contributed by atoms with Crippen LogP contribution in [0.4, 0.5) is 0 Å². The molecule has 1 amide bonds. The predicted octanol–water partition coefficient (Wildman–Crippen LogP) is 2.89. The summed E-state index contributed by atoms with van der Waals surface area (Å²) in [5.74, 6) is 0.772. The monoisotopic (exact) mass is 356 g/mol. The topological polar surface area (TPSA) is 71.3 Å². The third kappa shape index (κ3) is 4.49. The quantitative estimate of drug-likeness (QED) is 0.826. The van der Waals surface area contributed by atoms with E-state index in [1.807, 2.05) is 30.3 Å². The van der Waals surface area contributed by atoms with Gasteiger partial charge in [0.25, 0.3) is 0 Å². The molecule has 3 rings (SSSR count). The van der Waals surface area contributed by atoms with Crippen LogP contribution in [0.3, 0.4) is 0 Å². The summed E-state index contributed by atoms with van der Waals surface area (Å²) in [6.07, 6.45) is 2.77. The molecule has 2 heterocycles.